The summed E-state index contributed by atoms with van der Waals surface area (Å²) in [4.78, 5) is 31.4. The maximum absolute atomic E-state index is 13.9. The molecule has 4 rings (SSSR count). The van der Waals surface area contributed by atoms with Gasteiger partial charge in [0.05, 0.1) is 18.7 Å². The zero-order valence-corrected chi connectivity index (χ0v) is 21.7. The van der Waals surface area contributed by atoms with Crippen LogP contribution in [0.15, 0.2) is 48.5 Å². The normalized spacial score (nSPS) is 15.5. The molecule has 0 spiro atoms. The predicted molar refractivity (Wildman–Crippen MR) is 138 cm³/mol. The van der Waals surface area contributed by atoms with E-state index in [1.165, 1.54) is 12.1 Å². The number of halogens is 1. The van der Waals surface area contributed by atoms with E-state index in [9.17, 15) is 14.0 Å². The molecular weight excluding hydrogens is 475 g/mol. The van der Waals surface area contributed by atoms with Crippen LogP contribution in [0.25, 0.3) is 11.0 Å². The molecule has 2 amide bonds. The maximum Gasteiger partial charge on any atom is 0.247 e. The number of para-hydroxylation sites is 1. The lowest BCUT2D eigenvalue weighted by molar-refractivity contribution is -0.142. The number of carbonyl (C=O) groups is 2. The number of rotatable bonds is 10. The number of benzene rings is 2. The highest BCUT2D eigenvalue weighted by atomic mass is 19.1. The molecule has 1 aromatic heterocycles. The standard InChI is InChI=1S/C27H35FN6O3/c1-4-27(2,3)29-26(36)25(20-9-11-21(28)12-10-20)33(14-13-32-15-17-37-18-16-32)24(35)19-34-23-8-6-5-7-22(23)30-31-34/h5-12,25H,4,13-19H2,1-3H3,(H,29,36)/t25-/m0/s1. The van der Waals surface area contributed by atoms with Gasteiger partial charge in [-0.2, -0.15) is 0 Å². The quantitative estimate of drug-likeness (QED) is 0.451. The third kappa shape index (κ3) is 6.69. The van der Waals surface area contributed by atoms with E-state index in [-0.39, 0.29) is 18.4 Å². The topological polar surface area (TPSA) is 92.6 Å². The summed E-state index contributed by atoms with van der Waals surface area (Å²) >= 11 is 0. The molecule has 2 heterocycles. The molecule has 2 aromatic carbocycles. The molecular formula is C27H35FN6O3. The third-order valence-corrected chi connectivity index (χ3v) is 6.88. The van der Waals surface area contributed by atoms with E-state index in [0.29, 0.717) is 43.8 Å². The molecule has 1 N–H and O–H groups in total. The van der Waals surface area contributed by atoms with Crippen molar-refractivity contribution in [3.05, 3.63) is 59.9 Å². The van der Waals surface area contributed by atoms with E-state index in [2.05, 4.69) is 20.5 Å². The summed E-state index contributed by atoms with van der Waals surface area (Å²) in [6.45, 7) is 9.45. The van der Waals surface area contributed by atoms with Crippen LogP contribution >= 0.6 is 0 Å². The van der Waals surface area contributed by atoms with Crippen molar-refractivity contribution in [1.29, 1.82) is 0 Å². The first-order valence-electron chi connectivity index (χ1n) is 12.7. The van der Waals surface area contributed by atoms with E-state index in [4.69, 9.17) is 4.74 Å². The summed E-state index contributed by atoms with van der Waals surface area (Å²) in [5.41, 5.74) is 1.49. The number of nitrogens with one attached hydrogen (secondary N) is 1. The first-order chi connectivity index (χ1) is 17.8. The van der Waals surface area contributed by atoms with Crippen molar-refractivity contribution in [1.82, 2.24) is 30.1 Å². The van der Waals surface area contributed by atoms with Gasteiger partial charge in [0.25, 0.3) is 0 Å². The van der Waals surface area contributed by atoms with Crippen LogP contribution in [0.1, 0.15) is 38.8 Å². The molecule has 1 fully saturated rings. The highest BCUT2D eigenvalue weighted by Crippen LogP contribution is 2.25. The van der Waals surface area contributed by atoms with Gasteiger partial charge in [-0.25, -0.2) is 9.07 Å². The second-order valence-electron chi connectivity index (χ2n) is 9.96. The smallest absolute Gasteiger partial charge is 0.247 e. The van der Waals surface area contributed by atoms with Gasteiger partial charge in [-0.3, -0.25) is 14.5 Å². The first kappa shape index (κ1) is 26.7. The highest BCUT2D eigenvalue weighted by molar-refractivity contribution is 5.89. The number of hydrogen-bond acceptors (Lipinski definition) is 6. The Bertz CT molecular complexity index is 1210. The van der Waals surface area contributed by atoms with Crippen molar-refractivity contribution >= 4 is 22.8 Å². The summed E-state index contributed by atoms with van der Waals surface area (Å²) in [6, 6.07) is 12.3. The summed E-state index contributed by atoms with van der Waals surface area (Å²) in [6.07, 6.45) is 0.710. The Kier molecular flexibility index (Phi) is 8.50. The van der Waals surface area contributed by atoms with Crippen LogP contribution in [0.4, 0.5) is 4.39 Å². The molecule has 1 aliphatic rings. The molecule has 10 heteroatoms. The molecule has 0 saturated carbocycles. The number of carbonyl (C=O) groups excluding carboxylic acids is 2. The lowest BCUT2D eigenvalue weighted by Crippen LogP contribution is -2.52. The number of ether oxygens (including phenoxy) is 1. The van der Waals surface area contributed by atoms with E-state index in [0.717, 1.165) is 18.6 Å². The van der Waals surface area contributed by atoms with E-state index in [1.54, 1.807) is 21.7 Å². The van der Waals surface area contributed by atoms with Crippen LogP contribution < -0.4 is 5.32 Å². The van der Waals surface area contributed by atoms with Crippen LogP contribution in [-0.4, -0.2) is 81.5 Å². The summed E-state index contributed by atoms with van der Waals surface area (Å²) < 4.78 is 20.8. The Balaban J connectivity index is 1.67. The molecule has 9 nitrogen and oxygen atoms in total. The van der Waals surface area contributed by atoms with E-state index < -0.39 is 17.4 Å². The average molecular weight is 511 g/mol. The first-order valence-corrected chi connectivity index (χ1v) is 12.7. The zero-order chi connectivity index (χ0) is 26.4. The van der Waals surface area contributed by atoms with Crippen LogP contribution in [0.5, 0.6) is 0 Å². The largest absolute Gasteiger partial charge is 0.379 e. The van der Waals surface area contributed by atoms with Gasteiger partial charge in [0, 0.05) is 31.7 Å². The van der Waals surface area contributed by atoms with Gasteiger partial charge in [-0.1, -0.05) is 36.4 Å². The number of nitrogens with zero attached hydrogens (tertiary/aromatic N) is 5. The van der Waals surface area contributed by atoms with Crippen molar-refractivity contribution in [2.75, 3.05) is 39.4 Å². The fourth-order valence-corrected chi connectivity index (χ4v) is 4.33. The lowest BCUT2D eigenvalue weighted by atomic mass is 9.98. The Morgan fingerprint density at radius 1 is 1.14 bits per heavy atom. The summed E-state index contributed by atoms with van der Waals surface area (Å²) in [7, 11) is 0. The Labute approximate surface area is 216 Å². The molecule has 3 aromatic rings. The van der Waals surface area contributed by atoms with E-state index >= 15 is 0 Å². The van der Waals surface area contributed by atoms with Gasteiger partial charge < -0.3 is 15.0 Å². The van der Waals surface area contributed by atoms with Gasteiger partial charge in [-0.05, 0) is 50.1 Å². The SMILES string of the molecule is CCC(C)(C)NC(=O)[C@H](c1ccc(F)cc1)N(CCN1CCOCC1)C(=O)Cn1nnc2ccccc21. The molecule has 0 unspecified atom stereocenters. The van der Waals surface area contributed by atoms with Gasteiger partial charge in [0.2, 0.25) is 11.8 Å². The second-order valence-corrected chi connectivity index (χ2v) is 9.96. The number of amides is 2. The molecule has 1 atom stereocenters. The van der Waals surface area contributed by atoms with Crippen molar-refractivity contribution < 1.29 is 18.7 Å². The summed E-state index contributed by atoms with van der Waals surface area (Å²) in [5, 5.41) is 11.4. The molecule has 1 aliphatic heterocycles. The van der Waals surface area contributed by atoms with Gasteiger partial charge in [0.15, 0.2) is 0 Å². The molecule has 0 bridgehead atoms. The third-order valence-electron chi connectivity index (χ3n) is 6.88. The van der Waals surface area contributed by atoms with Crippen LogP contribution in [0, 0.1) is 5.82 Å². The fourth-order valence-electron chi connectivity index (χ4n) is 4.33. The van der Waals surface area contributed by atoms with Crippen LogP contribution in [-0.2, 0) is 20.9 Å². The van der Waals surface area contributed by atoms with Crippen molar-refractivity contribution in [3.8, 4) is 0 Å². The molecule has 1 saturated heterocycles. The second kappa shape index (κ2) is 11.8. The number of hydrogen-bond donors (Lipinski definition) is 1. The minimum absolute atomic E-state index is 0.0776. The maximum atomic E-state index is 13.9. The average Bonchev–Trinajstić information content (AvgIpc) is 3.30. The predicted octanol–water partition coefficient (Wildman–Crippen LogP) is 2.78. The molecule has 0 radical (unpaired) electrons. The Morgan fingerprint density at radius 2 is 1.84 bits per heavy atom. The number of morpholine rings is 1. The van der Waals surface area contributed by atoms with Gasteiger partial charge in [-0.15, -0.1) is 5.10 Å². The van der Waals surface area contributed by atoms with Crippen LogP contribution in [0.3, 0.4) is 0 Å². The molecule has 37 heavy (non-hydrogen) atoms. The highest BCUT2D eigenvalue weighted by Gasteiger charge is 2.34. The summed E-state index contributed by atoms with van der Waals surface area (Å²) in [5.74, 6) is -0.989. The lowest BCUT2D eigenvalue weighted by Gasteiger charge is -2.36. The molecule has 0 aliphatic carbocycles. The minimum Gasteiger partial charge on any atom is -0.379 e. The fraction of sp³-hybridized carbons (Fsp3) is 0.481. The van der Waals surface area contributed by atoms with Crippen LogP contribution in [0.2, 0.25) is 0 Å². The minimum atomic E-state index is -0.935. The van der Waals surface area contributed by atoms with Gasteiger partial charge in [0.1, 0.15) is 23.9 Å². The van der Waals surface area contributed by atoms with E-state index in [1.807, 2.05) is 45.0 Å². The Hall–Kier alpha value is -3.37. The van der Waals surface area contributed by atoms with Crippen molar-refractivity contribution in [3.63, 3.8) is 0 Å². The van der Waals surface area contributed by atoms with Crippen molar-refractivity contribution in [2.24, 2.45) is 0 Å². The van der Waals surface area contributed by atoms with Gasteiger partial charge >= 0.3 is 0 Å². The molecule has 198 valence electrons. The Morgan fingerprint density at radius 3 is 2.54 bits per heavy atom. The van der Waals surface area contributed by atoms with Crippen molar-refractivity contribution in [2.45, 2.75) is 45.3 Å². The number of fused-ring (bicyclic) bond motifs is 1. The number of aromatic nitrogens is 3. The monoisotopic (exact) mass is 510 g/mol. The zero-order valence-electron chi connectivity index (χ0n) is 21.7.